The summed E-state index contributed by atoms with van der Waals surface area (Å²) < 4.78 is 37.8. The Hall–Kier alpha value is -1.76. The van der Waals surface area contributed by atoms with Gasteiger partial charge in [-0.3, -0.25) is 9.59 Å². The maximum atomic E-state index is 12.6. The molecule has 0 bridgehead atoms. The van der Waals surface area contributed by atoms with E-state index in [9.17, 15) is 22.8 Å². The number of anilines is 1. The first-order valence-corrected chi connectivity index (χ1v) is 5.96. The zero-order chi connectivity index (χ0) is 15.3. The third-order valence-electron chi connectivity index (χ3n) is 2.35. The van der Waals surface area contributed by atoms with E-state index in [4.69, 9.17) is 16.7 Å². The number of halogens is 4. The summed E-state index contributed by atoms with van der Waals surface area (Å²) >= 11 is 5.44. The molecule has 8 heteroatoms. The van der Waals surface area contributed by atoms with Gasteiger partial charge >= 0.3 is 12.1 Å². The largest absolute Gasteiger partial charge is 0.481 e. The minimum atomic E-state index is -4.61. The molecule has 1 aromatic rings. The molecule has 0 fully saturated rings. The number of hydrogen-bond acceptors (Lipinski definition) is 2. The highest BCUT2D eigenvalue weighted by Gasteiger charge is 2.33. The van der Waals surface area contributed by atoms with Crippen LogP contribution in [0.25, 0.3) is 0 Å². The van der Waals surface area contributed by atoms with Crippen LogP contribution in [0, 0.1) is 0 Å². The number of aliphatic carboxylic acids is 1. The van der Waals surface area contributed by atoms with Crippen LogP contribution in [0.4, 0.5) is 18.9 Å². The molecule has 0 spiro atoms. The summed E-state index contributed by atoms with van der Waals surface area (Å²) in [6, 6.07) is 3.02. The molecule has 0 unspecified atom stereocenters. The predicted octanol–water partition coefficient (Wildman–Crippen LogP) is 3.55. The van der Waals surface area contributed by atoms with Gasteiger partial charge in [-0.25, -0.2) is 0 Å². The molecule has 0 aliphatic carbocycles. The molecule has 0 atom stereocenters. The number of carboxylic acids is 1. The predicted molar refractivity (Wildman–Crippen MR) is 66.6 cm³/mol. The lowest BCUT2D eigenvalue weighted by Gasteiger charge is -2.11. The van der Waals surface area contributed by atoms with Crippen LogP contribution in [-0.2, 0) is 15.8 Å². The van der Waals surface area contributed by atoms with Gasteiger partial charge in [0, 0.05) is 18.5 Å². The fourth-order valence-corrected chi connectivity index (χ4v) is 1.67. The van der Waals surface area contributed by atoms with Gasteiger partial charge in [0.15, 0.2) is 0 Å². The minimum Gasteiger partial charge on any atom is -0.481 e. The summed E-state index contributed by atoms with van der Waals surface area (Å²) in [6.45, 7) is 0. The zero-order valence-corrected chi connectivity index (χ0v) is 10.9. The van der Waals surface area contributed by atoms with Crippen LogP contribution in [0.15, 0.2) is 18.2 Å². The smallest absolute Gasteiger partial charge is 0.417 e. The van der Waals surface area contributed by atoms with Crippen molar-refractivity contribution >= 4 is 29.2 Å². The number of amides is 1. The van der Waals surface area contributed by atoms with Crippen molar-refractivity contribution in [2.45, 2.75) is 25.4 Å². The summed E-state index contributed by atoms with van der Waals surface area (Å²) in [7, 11) is 0. The number of alkyl halides is 3. The molecule has 0 aromatic heterocycles. The number of benzene rings is 1. The second-order valence-corrected chi connectivity index (χ2v) is 4.40. The lowest BCUT2D eigenvalue weighted by atomic mass is 10.2. The van der Waals surface area contributed by atoms with E-state index < -0.39 is 28.6 Å². The molecule has 110 valence electrons. The van der Waals surface area contributed by atoms with E-state index in [1.165, 1.54) is 6.07 Å². The van der Waals surface area contributed by atoms with Crippen molar-refractivity contribution < 1.29 is 27.9 Å². The lowest BCUT2D eigenvalue weighted by molar-refractivity contribution is -0.138. The van der Waals surface area contributed by atoms with Crippen molar-refractivity contribution in [3.8, 4) is 0 Å². The van der Waals surface area contributed by atoms with Crippen LogP contribution < -0.4 is 5.32 Å². The van der Waals surface area contributed by atoms with Crippen LogP contribution in [0.3, 0.4) is 0 Å². The molecule has 0 radical (unpaired) electrons. The first kappa shape index (κ1) is 16.3. The van der Waals surface area contributed by atoms with Gasteiger partial charge in [0.2, 0.25) is 5.91 Å². The third-order valence-corrected chi connectivity index (χ3v) is 2.68. The number of rotatable bonds is 5. The van der Waals surface area contributed by atoms with Gasteiger partial charge in [0.1, 0.15) is 0 Å². The third kappa shape index (κ3) is 5.08. The molecule has 2 N–H and O–H groups in total. The summed E-state index contributed by atoms with van der Waals surface area (Å²) in [5.74, 6) is -1.59. The first-order chi connectivity index (χ1) is 9.20. The van der Waals surface area contributed by atoms with Gasteiger partial charge in [0.05, 0.1) is 10.6 Å². The van der Waals surface area contributed by atoms with E-state index in [1.807, 2.05) is 0 Å². The van der Waals surface area contributed by atoms with Gasteiger partial charge < -0.3 is 10.4 Å². The Bertz CT molecular complexity index is 517. The van der Waals surface area contributed by atoms with Gasteiger partial charge in [-0.15, -0.1) is 0 Å². The topological polar surface area (TPSA) is 66.4 Å². The van der Waals surface area contributed by atoms with Crippen LogP contribution in [0.5, 0.6) is 0 Å². The standard InChI is InChI=1S/C12H11ClF3NO3/c13-9-5-4-7(6-8(9)12(14,15)16)17-10(18)2-1-3-11(19)20/h4-6H,1-3H2,(H,17,18)(H,19,20). The Morgan fingerprint density at radius 2 is 1.90 bits per heavy atom. The molecule has 20 heavy (non-hydrogen) atoms. The highest BCUT2D eigenvalue weighted by Crippen LogP contribution is 2.36. The van der Waals surface area contributed by atoms with Crippen LogP contribution in [-0.4, -0.2) is 17.0 Å². The van der Waals surface area contributed by atoms with Crippen LogP contribution in [0.2, 0.25) is 5.02 Å². The summed E-state index contributed by atoms with van der Waals surface area (Å²) in [5, 5.41) is 10.2. The van der Waals surface area contributed by atoms with Crippen molar-refractivity contribution in [2.24, 2.45) is 0 Å². The van der Waals surface area contributed by atoms with Gasteiger partial charge in [-0.1, -0.05) is 11.6 Å². The molecular weight excluding hydrogens is 299 g/mol. The molecule has 0 aliphatic rings. The maximum Gasteiger partial charge on any atom is 0.417 e. The van der Waals surface area contributed by atoms with E-state index >= 15 is 0 Å². The molecule has 1 rings (SSSR count). The fraction of sp³-hybridized carbons (Fsp3) is 0.333. The van der Waals surface area contributed by atoms with Crippen molar-refractivity contribution in [3.63, 3.8) is 0 Å². The average Bonchev–Trinajstić information content (AvgIpc) is 2.29. The van der Waals surface area contributed by atoms with E-state index in [0.29, 0.717) is 0 Å². The van der Waals surface area contributed by atoms with E-state index in [2.05, 4.69) is 5.32 Å². The Balaban J connectivity index is 2.69. The molecular formula is C12H11ClF3NO3. The summed E-state index contributed by atoms with van der Waals surface area (Å²) in [5.41, 5.74) is -1.08. The minimum absolute atomic E-state index is 0.0398. The number of hydrogen-bond donors (Lipinski definition) is 2. The Morgan fingerprint density at radius 3 is 2.45 bits per heavy atom. The molecule has 0 heterocycles. The van der Waals surface area contributed by atoms with Crippen molar-refractivity contribution in [3.05, 3.63) is 28.8 Å². The van der Waals surface area contributed by atoms with Crippen LogP contribution in [0.1, 0.15) is 24.8 Å². The quantitative estimate of drug-likeness (QED) is 0.874. The molecule has 4 nitrogen and oxygen atoms in total. The molecule has 0 aliphatic heterocycles. The average molecular weight is 310 g/mol. The second-order valence-electron chi connectivity index (χ2n) is 3.99. The maximum absolute atomic E-state index is 12.6. The summed E-state index contributed by atoms with van der Waals surface area (Å²) in [4.78, 5) is 21.7. The van der Waals surface area contributed by atoms with E-state index in [-0.39, 0.29) is 24.9 Å². The Kier molecular flexibility index (Phi) is 5.38. The van der Waals surface area contributed by atoms with Gasteiger partial charge in [-0.05, 0) is 24.6 Å². The first-order valence-electron chi connectivity index (χ1n) is 5.58. The van der Waals surface area contributed by atoms with Crippen molar-refractivity contribution in [2.75, 3.05) is 5.32 Å². The van der Waals surface area contributed by atoms with Crippen molar-refractivity contribution in [1.82, 2.24) is 0 Å². The second kappa shape index (κ2) is 6.60. The molecule has 0 saturated carbocycles. The van der Waals surface area contributed by atoms with E-state index in [0.717, 1.165) is 12.1 Å². The normalized spacial score (nSPS) is 11.2. The molecule has 1 aromatic carbocycles. The molecule has 1 amide bonds. The number of carbonyl (C=O) groups excluding carboxylic acids is 1. The molecule has 0 saturated heterocycles. The number of carbonyl (C=O) groups is 2. The lowest BCUT2D eigenvalue weighted by Crippen LogP contribution is -2.13. The summed E-state index contributed by atoms with van der Waals surface area (Å²) in [6.07, 6.45) is -4.76. The van der Waals surface area contributed by atoms with Gasteiger partial charge in [0.25, 0.3) is 0 Å². The Labute approximate surface area is 117 Å². The highest BCUT2D eigenvalue weighted by atomic mass is 35.5. The number of nitrogens with one attached hydrogen (secondary N) is 1. The zero-order valence-electron chi connectivity index (χ0n) is 10.1. The van der Waals surface area contributed by atoms with Crippen LogP contribution >= 0.6 is 11.6 Å². The fourth-order valence-electron chi connectivity index (χ4n) is 1.44. The highest BCUT2D eigenvalue weighted by molar-refractivity contribution is 6.31. The van der Waals surface area contributed by atoms with Crippen molar-refractivity contribution in [1.29, 1.82) is 0 Å². The van der Waals surface area contributed by atoms with E-state index in [1.54, 1.807) is 0 Å². The SMILES string of the molecule is O=C(O)CCCC(=O)Nc1ccc(Cl)c(C(F)(F)F)c1. The monoisotopic (exact) mass is 309 g/mol. The van der Waals surface area contributed by atoms with Gasteiger partial charge in [-0.2, -0.15) is 13.2 Å². The Morgan fingerprint density at radius 1 is 1.25 bits per heavy atom. The number of carboxylic acid groups (broad SMARTS) is 1.